The largest absolute Gasteiger partial charge is 0.325 e. The second kappa shape index (κ2) is 5.95. The van der Waals surface area contributed by atoms with E-state index in [1.165, 1.54) is 0 Å². The highest BCUT2D eigenvalue weighted by molar-refractivity contribution is 9.10. The predicted octanol–water partition coefficient (Wildman–Crippen LogP) is 2.86. The lowest BCUT2D eigenvalue weighted by atomic mass is 10.1. The number of carbonyl (C=O) groups excluding carboxylic acids is 1. The number of benzene rings is 1. The molecule has 0 fully saturated rings. The van der Waals surface area contributed by atoms with Crippen LogP contribution in [0.2, 0.25) is 0 Å². The number of anilines is 1. The van der Waals surface area contributed by atoms with Gasteiger partial charge in [0, 0.05) is 28.5 Å². The monoisotopic (exact) mass is 319 g/mol. The van der Waals surface area contributed by atoms with Crippen LogP contribution in [0.3, 0.4) is 0 Å². The molecule has 0 aliphatic heterocycles. The summed E-state index contributed by atoms with van der Waals surface area (Å²) < 4.78 is 0.984. The van der Waals surface area contributed by atoms with Crippen LogP contribution >= 0.6 is 15.9 Å². The van der Waals surface area contributed by atoms with Crippen molar-refractivity contribution in [2.24, 2.45) is 5.73 Å². The Hall–Kier alpha value is -1.72. The minimum Gasteiger partial charge on any atom is -0.325 e. The van der Waals surface area contributed by atoms with Crippen molar-refractivity contribution in [2.45, 2.75) is 13.5 Å². The van der Waals surface area contributed by atoms with Gasteiger partial charge in [-0.3, -0.25) is 9.78 Å². The summed E-state index contributed by atoms with van der Waals surface area (Å²) in [6.45, 7) is 2.26. The number of aryl methyl sites for hydroxylation is 1. The number of amides is 1. The van der Waals surface area contributed by atoms with E-state index < -0.39 is 0 Å². The van der Waals surface area contributed by atoms with Gasteiger partial charge in [-0.15, -0.1) is 0 Å². The van der Waals surface area contributed by atoms with Gasteiger partial charge in [0.2, 0.25) is 0 Å². The summed E-state index contributed by atoms with van der Waals surface area (Å²) in [6.07, 6.45) is 1.59. The summed E-state index contributed by atoms with van der Waals surface area (Å²) >= 11 is 3.39. The van der Waals surface area contributed by atoms with Gasteiger partial charge in [-0.2, -0.15) is 0 Å². The zero-order chi connectivity index (χ0) is 13.8. The SMILES string of the molecule is Cc1cc(Br)ccc1NC(=O)c1ccnc(CN)c1. The van der Waals surface area contributed by atoms with Crippen molar-refractivity contribution in [2.75, 3.05) is 5.32 Å². The number of nitrogens with two attached hydrogens (primary N) is 1. The third kappa shape index (κ3) is 3.39. The Labute approximate surface area is 120 Å². The molecule has 0 unspecified atom stereocenters. The van der Waals surface area contributed by atoms with E-state index in [2.05, 4.69) is 26.2 Å². The van der Waals surface area contributed by atoms with Gasteiger partial charge in [0.05, 0.1) is 5.69 Å². The first-order valence-corrected chi connectivity index (χ1v) is 6.62. The number of halogens is 1. The first-order chi connectivity index (χ1) is 9.10. The quantitative estimate of drug-likeness (QED) is 0.914. The molecule has 98 valence electrons. The number of pyridine rings is 1. The Bertz CT molecular complexity index is 613. The highest BCUT2D eigenvalue weighted by atomic mass is 79.9. The smallest absolute Gasteiger partial charge is 0.255 e. The maximum atomic E-state index is 12.1. The molecule has 19 heavy (non-hydrogen) atoms. The highest BCUT2D eigenvalue weighted by Crippen LogP contribution is 2.20. The van der Waals surface area contributed by atoms with Crippen LogP contribution in [0.1, 0.15) is 21.6 Å². The van der Waals surface area contributed by atoms with Gasteiger partial charge in [0.25, 0.3) is 5.91 Å². The fourth-order valence-corrected chi connectivity index (χ4v) is 2.17. The topological polar surface area (TPSA) is 68.0 Å². The maximum Gasteiger partial charge on any atom is 0.255 e. The lowest BCUT2D eigenvalue weighted by Crippen LogP contribution is -2.14. The van der Waals surface area contributed by atoms with Crippen LogP contribution in [0.15, 0.2) is 41.0 Å². The summed E-state index contributed by atoms with van der Waals surface area (Å²) in [6, 6.07) is 9.07. The van der Waals surface area contributed by atoms with Gasteiger partial charge >= 0.3 is 0 Å². The molecule has 0 radical (unpaired) electrons. The molecular formula is C14H14BrN3O. The number of nitrogens with one attached hydrogen (secondary N) is 1. The minimum atomic E-state index is -0.164. The van der Waals surface area contributed by atoms with Crippen molar-refractivity contribution in [1.29, 1.82) is 0 Å². The molecule has 2 aromatic rings. The minimum absolute atomic E-state index is 0.164. The molecule has 0 atom stereocenters. The normalized spacial score (nSPS) is 10.3. The average molecular weight is 320 g/mol. The van der Waals surface area contributed by atoms with Gasteiger partial charge in [0.1, 0.15) is 0 Å². The maximum absolute atomic E-state index is 12.1. The molecule has 0 saturated carbocycles. The van der Waals surface area contributed by atoms with E-state index in [0.29, 0.717) is 17.8 Å². The van der Waals surface area contributed by atoms with Gasteiger partial charge in [0.15, 0.2) is 0 Å². The summed E-state index contributed by atoms with van der Waals surface area (Å²) in [4.78, 5) is 16.2. The van der Waals surface area contributed by atoms with Crippen molar-refractivity contribution in [3.63, 3.8) is 0 Å². The molecule has 5 heteroatoms. The fraction of sp³-hybridized carbons (Fsp3) is 0.143. The van der Waals surface area contributed by atoms with Crippen LogP contribution in [0.5, 0.6) is 0 Å². The number of rotatable bonds is 3. The number of hydrogen-bond donors (Lipinski definition) is 2. The van der Waals surface area contributed by atoms with Crippen molar-refractivity contribution < 1.29 is 4.79 Å². The molecule has 1 aromatic carbocycles. The van der Waals surface area contributed by atoms with E-state index in [1.54, 1.807) is 18.3 Å². The van der Waals surface area contributed by atoms with Gasteiger partial charge in [-0.05, 0) is 42.8 Å². The molecule has 0 bridgehead atoms. The van der Waals surface area contributed by atoms with E-state index in [1.807, 2.05) is 25.1 Å². The molecule has 0 aliphatic carbocycles. The van der Waals surface area contributed by atoms with Gasteiger partial charge < -0.3 is 11.1 Å². The highest BCUT2D eigenvalue weighted by Gasteiger charge is 2.08. The molecule has 2 rings (SSSR count). The Morgan fingerprint density at radius 3 is 2.84 bits per heavy atom. The summed E-state index contributed by atoms with van der Waals surface area (Å²) in [5, 5.41) is 2.88. The fourth-order valence-electron chi connectivity index (χ4n) is 1.69. The summed E-state index contributed by atoms with van der Waals surface area (Å²) in [5.41, 5.74) is 8.55. The number of aromatic nitrogens is 1. The van der Waals surface area contributed by atoms with E-state index in [0.717, 1.165) is 15.7 Å². The van der Waals surface area contributed by atoms with Crippen molar-refractivity contribution >= 4 is 27.5 Å². The number of carbonyl (C=O) groups is 1. The second-order valence-electron chi connectivity index (χ2n) is 4.15. The summed E-state index contributed by atoms with van der Waals surface area (Å²) in [7, 11) is 0. The zero-order valence-electron chi connectivity index (χ0n) is 10.5. The molecule has 0 aliphatic rings. The average Bonchev–Trinajstić information content (AvgIpc) is 2.42. The Morgan fingerprint density at radius 1 is 1.37 bits per heavy atom. The zero-order valence-corrected chi connectivity index (χ0v) is 12.1. The van der Waals surface area contributed by atoms with Crippen LogP contribution in [0.25, 0.3) is 0 Å². The van der Waals surface area contributed by atoms with E-state index in [-0.39, 0.29) is 5.91 Å². The molecule has 1 aromatic heterocycles. The Kier molecular flexibility index (Phi) is 4.29. The molecule has 3 N–H and O–H groups in total. The lowest BCUT2D eigenvalue weighted by Gasteiger charge is -2.09. The van der Waals surface area contributed by atoms with E-state index in [4.69, 9.17) is 5.73 Å². The van der Waals surface area contributed by atoms with Crippen LogP contribution in [-0.4, -0.2) is 10.9 Å². The molecule has 4 nitrogen and oxygen atoms in total. The molecule has 0 spiro atoms. The van der Waals surface area contributed by atoms with E-state index >= 15 is 0 Å². The number of nitrogens with zero attached hydrogens (tertiary/aromatic N) is 1. The number of hydrogen-bond acceptors (Lipinski definition) is 3. The molecule has 1 amide bonds. The van der Waals surface area contributed by atoms with Crippen molar-refractivity contribution in [3.05, 3.63) is 57.8 Å². The second-order valence-corrected chi connectivity index (χ2v) is 5.07. The Balaban J connectivity index is 2.20. The van der Waals surface area contributed by atoms with Gasteiger partial charge in [-0.1, -0.05) is 15.9 Å². The first-order valence-electron chi connectivity index (χ1n) is 5.82. The third-order valence-corrected chi connectivity index (χ3v) is 3.22. The molecular weight excluding hydrogens is 306 g/mol. The predicted molar refractivity (Wildman–Crippen MR) is 79.0 cm³/mol. The standard InChI is InChI=1S/C14H14BrN3O/c1-9-6-11(15)2-3-13(9)18-14(19)10-4-5-17-12(7-10)8-16/h2-7H,8,16H2,1H3,(H,18,19). The molecule has 1 heterocycles. The summed E-state index contributed by atoms with van der Waals surface area (Å²) in [5.74, 6) is -0.164. The first kappa shape index (κ1) is 13.7. The van der Waals surface area contributed by atoms with Crippen molar-refractivity contribution in [3.8, 4) is 0 Å². The van der Waals surface area contributed by atoms with Gasteiger partial charge in [-0.25, -0.2) is 0 Å². The third-order valence-electron chi connectivity index (χ3n) is 2.72. The van der Waals surface area contributed by atoms with Crippen LogP contribution < -0.4 is 11.1 Å². The van der Waals surface area contributed by atoms with Crippen LogP contribution in [-0.2, 0) is 6.54 Å². The molecule has 0 saturated heterocycles. The Morgan fingerprint density at radius 2 is 2.16 bits per heavy atom. The lowest BCUT2D eigenvalue weighted by molar-refractivity contribution is 0.102. The van der Waals surface area contributed by atoms with Crippen molar-refractivity contribution in [1.82, 2.24) is 4.98 Å². The van der Waals surface area contributed by atoms with E-state index in [9.17, 15) is 4.79 Å². The van der Waals surface area contributed by atoms with Crippen LogP contribution in [0, 0.1) is 6.92 Å². The van der Waals surface area contributed by atoms with Crippen LogP contribution in [0.4, 0.5) is 5.69 Å².